The summed E-state index contributed by atoms with van der Waals surface area (Å²) < 4.78 is 6.96. The summed E-state index contributed by atoms with van der Waals surface area (Å²) in [5, 5.41) is 9.61. The van der Waals surface area contributed by atoms with E-state index in [-0.39, 0.29) is 12.2 Å². The molecule has 0 aliphatic carbocycles. The van der Waals surface area contributed by atoms with Crippen LogP contribution in [-0.2, 0) is 16.1 Å². The number of hydrogen-bond donors (Lipinski definition) is 1. The van der Waals surface area contributed by atoms with E-state index in [2.05, 4.69) is 4.98 Å². The molecular formula is C15H22N4O4. The van der Waals surface area contributed by atoms with Gasteiger partial charge in [-0.3, -0.25) is 14.5 Å². The Morgan fingerprint density at radius 1 is 1.39 bits per heavy atom. The van der Waals surface area contributed by atoms with Gasteiger partial charge in [-0.15, -0.1) is 0 Å². The van der Waals surface area contributed by atoms with Gasteiger partial charge in [-0.2, -0.15) is 0 Å². The number of carbonyl (C=O) groups is 1. The molecule has 3 rings (SSSR count). The number of rotatable bonds is 4. The Bertz CT molecular complexity index is 631. The minimum atomic E-state index is -0.917. The largest absolute Gasteiger partial charge is 0.480 e. The molecule has 1 N–H and O–H groups in total. The first-order valence-corrected chi connectivity index (χ1v) is 7.95. The monoisotopic (exact) mass is 322 g/mol. The van der Waals surface area contributed by atoms with Gasteiger partial charge in [0, 0.05) is 58.1 Å². The molecule has 2 fully saturated rings. The summed E-state index contributed by atoms with van der Waals surface area (Å²) in [4.78, 5) is 32.2. The second-order valence-electron chi connectivity index (χ2n) is 5.96. The van der Waals surface area contributed by atoms with Crippen molar-refractivity contribution in [1.29, 1.82) is 0 Å². The Balaban J connectivity index is 1.74. The lowest BCUT2D eigenvalue weighted by molar-refractivity contribution is -0.152. The zero-order valence-electron chi connectivity index (χ0n) is 13.3. The van der Waals surface area contributed by atoms with Crippen molar-refractivity contribution in [3.8, 4) is 0 Å². The van der Waals surface area contributed by atoms with Crippen molar-refractivity contribution in [2.24, 2.45) is 0 Å². The molecule has 0 amide bonds. The number of anilines is 1. The summed E-state index contributed by atoms with van der Waals surface area (Å²) in [6.45, 7) is 5.57. The van der Waals surface area contributed by atoms with Crippen LogP contribution in [0.1, 0.15) is 13.3 Å². The number of aromatic nitrogens is 2. The first-order chi connectivity index (χ1) is 11.1. The van der Waals surface area contributed by atoms with E-state index in [1.807, 2.05) is 16.7 Å². The maximum Gasteiger partial charge on any atom is 0.326 e. The van der Waals surface area contributed by atoms with Crippen molar-refractivity contribution in [3.63, 3.8) is 0 Å². The highest BCUT2D eigenvalue weighted by atomic mass is 16.5. The van der Waals surface area contributed by atoms with Crippen LogP contribution in [-0.4, -0.2) is 70.5 Å². The summed E-state index contributed by atoms with van der Waals surface area (Å²) in [5.74, 6) is -0.379. The van der Waals surface area contributed by atoms with E-state index in [1.165, 1.54) is 0 Å². The molecule has 0 saturated carbocycles. The van der Waals surface area contributed by atoms with Gasteiger partial charge in [-0.1, -0.05) is 0 Å². The Labute approximate surface area is 134 Å². The van der Waals surface area contributed by atoms with E-state index < -0.39 is 11.5 Å². The summed E-state index contributed by atoms with van der Waals surface area (Å²) in [7, 11) is 0. The molecule has 1 aromatic heterocycles. The molecule has 3 heterocycles. The van der Waals surface area contributed by atoms with Crippen LogP contribution in [0.25, 0.3) is 0 Å². The van der Waals surface area contributed by atoms with Crippen LogP contribution in [0.2, 0.25) is 0 Å². The van der Waals surface area contributed by atoms with E-state index in [1.54, 1.807) is 17.0 Å². The number of nitrogens with zero attached hydrogens (tertiary/aromatic N) is 4. The zero-order valence-corrected chi connectivity index (χ0v) is 13.3. The normalized spacial score (nSPS) is 25.7. The molecule has 2 aliphatic heterocycles. The van der Waals surface area contributed by atoms with Gasteiger partial charge < -0.3 is 19.3 Å². The van der Waals surface area contributed by atoms with Gasteiger partial charge in [0.15, 0.2) is 5.82 Å². The van der Waals surface area contributed by atoms with Crippen molar-refractivity contribution in [3.05, 3.63) is 22.7 Å². The van der Waals surface area contributed by atoms with Crippen molar-refractivity contribution >= 4 is 11.8 Å². The maximum atomic E-state index is 12.3. The molecule has 8 nitrogen and oxygen atoms in total. The number of carboxylic acid groups (broad SMARTS) is 1. The molecule has 8 heteroatoms. The van der Waals surface area contributed by atoms with Crippen LogP contribution in [0, 0.1) is 0 Å². The van der Waals surface area contributed by atoms with Gasteiger partial charge in [0.1, 0.15) is 5.54 Å². The van der Waals surface area contributed by atoms with Crippen LogP contribution >= 0.6 is 0 Å². The highest BCUT2D eigenvalue weighted by molar-refractivity contribution is 5.79. The molecule has 0 aromatic carbocycles. The molecule has 0 bridgehead atoms. The molecule has 1 unspecified atom stereocenters. The van der Waals surface area contributed by atoms with E-state index in [4.69, 9.17) is 4.74 Å². The predicted molar refractivity (Wildman–Crippen MR) is 83.8 cm³/mol. The highest BCUT2D eigenvalue weighted by Crippen LogP contribution is 2.28. The van der Waals surface area contributed by atoms with Gasteiger partial charge in [-0.05, 0) is 6.92 Å². The zero-order chi connectivity index (χ0) is 16.4. The molecule has 1 atom stereocenters. The third-order valence-electron chi connectivity index (χ3n) is 4.82. The second kappa shape index (κ2) is 6.29. The number of piperazine rings is 1. The maximum absolute atomic E-state index is 12.3. The van der Waals surface area contributed by atoms with E-state index in [9.17, 15) is 14.7 Å². The second-order valence-corrected chi connectivity index (χ2v) is 5.96. The summed E-state index contributed by atoms with van der Waals surface area (Å²) >= 11 is 0. The fourth-order valence-corrected chi connectivity index (χ4v) is 3.36. The Morgan fingerprint density at radius 2 is 2.13 bits per heavy atom. The Hall–Kier alpha value is -1.93. The first kappa shape index (κ1) is 15.9. The SMILES string of the molecule is CCn1ccnc(N2CCN(C3(C(=O)O)CCOC3)CC2)c1=O. The van der Waals surface area contributed by atoms with Crippen LogP contribution in [0.15, 0.2) is 17.2 Å². The standard InChI is InChI=1S/C15H22N4O4/c1-2-17-5-4-16-12(13(17)20)18-6-8-19(9-7-18)15(14(21)22)3-10-23-11-15/h4-5H,2-3,6-11H2,1H3,(H,21,22). The van der Waals surface area contributed by atoms with Gasteiger partial charge in [-0.25, -0.2) is 4.98 Å². The van der Waals surface area contributed by atoms with Gasteiger partial charge in [0.2, 0.25) is 0 Å². The summed E-state index contributed by atoms with van der Waals surface area (Å²) in [6, 6.07) is 0. The fraction of sp³-hybridized carbons (Fsp3) is 0.667. The molecular weight excluding hydrogens is 300 g/mol. The van der Waals surface area contributed by atoms with Crippen molar-refractivity contribution in [1.82, 2.24) is 14.5 Å². The number of carboxylic acids is 1. The van der Waals surface area contributed by atoms with Crippen molar-refractivity contribution in [2.75, 3.05) is 44.3 Å². The summed E-state index contributed by atoms with van der Waals surface area (Å²) in [6.07, 6.45) is 3.82. The highest BCUT2D eigenvalue weighted by Gasteiger charge is 2.48. The predicted octanol–water partition coefficient (Wildman–Crippen LogP) is -0.371. The van der Waals surface area contributed by atoms with E-state index >= 15 is 0 Å². The summed E-state index contributed by atoms with van der Waals surface area (Å²) in [5.41, 5.74) is -1.01. The average molecular weight is 322 g/mol. The number of aliphatic carboxylic acids is 1. The molecule has 2 aliphatic rings. The topological polar surface area (TPSA) is 87.9 Å². The molecule has 2 saturated heterocycles. The van der Waals surface area contributed by atoms with Crippen LogP contribution < -0.4 is 10.5 Å². The molecule has 1 aromatic rings. The van der Waals surface area contributed by atoms with Crippen molar-refractivity contribution in [2.45, 2.75) is 25.4 Å². The third kappa shape index (κ3) is 2.72. The quantitative estimate of drug-likeness (QED) is 0.809. The smallest absolute Gasteiger partial charge is 0.326 e. The molecule has 0 spiro atoms. The lowest BCUT2D eigenvalue weighted by Gasteiger charge is -2.42. The van der Waals surface area contributed by atoms with Gasteiger partial charge in [0.05, 0.1) is 6.61 Å². The van der Waals surface area contributed by atoms with Crippen LogP contribution in [0.4, 0.5) is 5.82 Å². The number of aryl methyl sites for hydroxylation is 1. The van der Waals surface area contributed by atoms with E-state index in [0.717, 1.165) is 0 Å². The Morgan fingerprint density at radius 3 is 2.70 bits per heavy atom. The number of ether oxygens (including phenoxy) is 1. The minimum absolute atomic E-state index is 0.0967. The average Bonchev–Trinajstić information content (AvgIpc) is 3.06. The van der Waals surface area contributed by atoms with Crippen molar-refractivity contribution < 1.29 is 14.6 Å². The first-order valence-electron chi connectivity index (χ1n) is 7.95. The lowest BCUT2D eigenvalue weighted by atomic mass is 9.95. The van der Waals surface area contributed by atoms with Gasteiger partial charge >= 0.3 is 5.97 Å². The fourth-order valence-electron chi connectivity index (χ4n) is 3.36. The van der Waals surface area contributed by atoms with E-state index in [0.29, 0.717) is 51.6 Å². The molecule has 126 valence electrons. The van der Waals surface area contributed by atoms with Crippen LogP contribution in [0.3, 0.4) is 0 Å². The number of hydrogen-bond acceptors (Lipinski definition) is 6. The molecule has 23 heavy (non-hydrogen) atoms. The minimum Gasteiger partial charge on any atom is -0.480 e. The van der Waals surface area contributed by atoms with Gasteiger partial charge in [0.25, 0.3) is 5.56 Å². The Kier molecular flexibility index (Phi) is 4.36. The third-order valence-corrected chi connectivity index (χ3v) is 4.82. The van der Waals surface area contributed by atoms with Crippen LogP contribution in [0.5, 0.6) is 0 Å². The lowest BCUT2D eigenvalue weighted by Crippen LogP contribution is -2.61. The molecule has 0 radical (unpaired) electrons.